The van der Waals surface area contributed by atoms with Crippen molar-refractivity contribution in [3.63, 3.8) is 0 Å². The third-order valence-electron chi connectivity index (χ3n) is 5.41. The van der Waals surface area contributed by atoms with Crippen LogP contribution in [0.3, 0.4) is 0 Å². The summed E-state index contributed by atoms with van der Waals surface area (Å²) >= 11 is 2.34. The van der Waals surface area contributed by atoms with Gasteiger partial charge in [0.1, 0.15) is 18.0 Å². The van der Waals surface area contributed by atoms with Gasteiger partial charge in [-0.3, -0.25) is 14.4 Å². The molecule has 5 N–H and O–H groups in total. The van der Waals surface area contributed by atoms with Crippen molar-refractivity contribution >= 4 is 63.6 Å². The van der Waals surface area contributed by atoms with Gasteiger partial charge in [0.05, 0.1) is 16.7 Å². The first-order valence-electron chi connectivity index (χ1n) is 11.5. The number of allylic oxidation sites excluding steroid dienone is 1. The quantitative estimate of drug-likeness (QED) is 0.169. The number of carbonyl (C=O) groups is 5. The molecule has 0 aromatic carbocycles. The number of primary amides is 1. The Balaban J connectivity index is 1.75. The van der Waals surface area contributed by atoms with Gasteiger partial charge in [0.15, 0.2) is 11.2 Å². The highest BCUT2D eigenvalue weighted by atomic mass is 32.2. The van der Waals surface area contributed by atoms with Gasteiger partial charge in [0.2, 0.25) is 12.7 Å². The number of ether oxygens (including phenoxy) is 3. The second-order valence-electron chi connectivity index (χ2n) is 9.29. The summed E-state index contributed by atoms with van der Waals surface area (Å²) in [5, 5.41) is 5.55. The Morgan fingerprint density at radius 1 is 1.21 bits per heavy atom. The van der Waals surface area contributed by atoms with E-state index >= 15 is 0 Å². The van der Waals surface area contributed by atoms with E-state index in [0.29, 0.717) is 17.2 Å². The third-order valence-corrected chi connectivity index (χ3v) is 7.30. The zero-order valence-electron chi connectivity index (χ0n) is 21.2. The standard InChI is InChI=1S/C23H29N5O8S2/c1-5-6-12(13-9-38-21(24)26-13)16(29)27-14-17(30)28-15(11(7-34-22(25)33)8-37-18(14)28)19(31)35-10-36-20(32)23(2,3)4/h6,8-9,14-15,18H,5,7,10H2,1-4H3,(H2,24,26)(H2,25,33)(H,27,29)/b12-6-/t14-,15?,18-/m1/s1. The lowest BCUT2D eigenvalue weighted by atomic mass is 9.97. The van der Waals surface area contributed by atoms with E-state index < -0.39 is 59.5 Å². The number of thioether (sulfide) groups is 1. The Labute approximate surface area is 226 Å². The van der Waals surface area contributed by atoms with Crippen molar-refractivity contribution in [3.8, 4) is 0 Å². The first kappa shape index (κ1) is 29.0. The van der Waals surface area contributed by atoms with E-state index in [2.05, 4.69) is 10.3 Å². The molecule has 13 nitrogen and oxygen atoms in total. The van der Waals surface area contributed by atoms with Crippen LogP contribution in [0.25, 0.3) is 5.57 Å². The molecule has 0 bridgehead atoms. The topological polar surface area (TPSA) is 193 Å². The van der Waals surface area contributed by atoms with Gasteiger partial charge in [-0.25, -0.2) is 14.6 Å². The largest absolute Gasteiger partial charge is 0.445 e. The number of hydrogen-bond donors (Lipinski definition) is 3. The second-order valence-corrected chi connectivity index (χ2v) is 11.2. The lowest BCUT2D eigenvalue weighted by molar-refractivity contribution is -0.179. The van der Waals surface area contributed by atoms with E-state index in [1.165, 1.54) is 16.2 Å². The summed E-state index contributed by atoms with van der Waals surface area (Å²) in [6.45, 7) is 5.73. The molecular formula is C23H29N5O8S2. The molecule has 3 heterocycles. The van der Waals surface area contributed by atoms with E-state index in [9.17, 15) is 24.0 Å². The molecule has 1 unspecified atom stereocenters. The van der Waals surface area contributed by atoms with Gasteiger partial charge in [-0.15, -0.1) is 23.1 Å². The van der Waals surface area contributed by atoms with Crippen molar-refractivity contribution in [2.24, 2.45) is 11.1 Å². The van der Waals surface area contributed by atoms with Crippen molar-refractivity contribution < 1.29 is 38.2 Å². The molecule has 2 aliphatic rings. The van der Waals surface area contributed by atoms with Crippen LogP contribution in [-0.2, 0) is 33.4 Å². The van der Waals surface area contributed by atoms with E-state index in [1.807, 2.05) is 6.92 Å². The molecule has 1 aromatic heterocycles. The van der Waals surface area contributed by atoms with E-state index in [1.54, 1.807) is 37.6 Å². The van der Waals surface area contributed by atoms with Crippen molar-refractivity contribution in [2.75, 3.05) is 19.1 Å². The molecule has 0 saturated carbocycles. The molecule has 2 aliphatic heterocycles. The number of anilines is 1. The highest BCUT2D eigenvalue weighted by Crippen LogP contribution is 2.40. The maximum absolute atomic E-state index is 13.2. The number of nitrogens with zero attached hydrogens (tertiary/aromatic N) is 2. The molecule has 0 aliphatic carbocycles. The van der Waals surface area contributed by atoms with Gasteiger partial charge in [0, 0.05) is 11.0 Å². The van der Waals surface area contributed by atoms with Crippen LogP contribution in [0, 0.1) is 5.41 Å². The molecule has 1 aromatic rings. The summed E-state index contributed by atoms with van der Waals surface area (Å²) in [7, 11) is 0. The number of hydrogen-bond acceptors (Lipinski definition) is 12. The Hall–Kier alpha value is -3.59. The van der Waals surface area contributed by atoms with Crippen LogP contribution in [-0.4, -0.2) is 70.6 Å². The maximum atomic E-state index is 13.2. The third kappa shape index (κ3) is 6.45. The fourth-order valence-corrected chi connectivity index (χ4v) is 5.33. The zero-order valence-corrected chi connectivity index (χ0v) is 22.9. The van der Waals surface area contributed by atoms with Crippen LogP contribution >= 0.6 is 23.1 Å². The number of thiazole rings is 1. The predicted molar refractivity (Wildman–Crippen MR) is 139 cm³/mol. The molecule has 1 saturated heterocycles. The van der Waals surface area contributed by atoms with Crippen LogP contribution in [0.4, 0.5) is 9.93 Å². The molecule has 15 heteroatoms. The summed E-state index contributed by atoms with van der Waals surface area (Å²) in [6.07, 6.45) is 1.15. The molecule has 3 amide bonds. The minimum Gasteiger partial charge on any atom is -0.445 e. The summed E-state index contributed by atoms with van der Waals surface area (Å²) in [6, 6.07) is -2.23. The highest BCUT2D eigenvalue weighted by Gasteiger charge is 2.56. The normalized spacial score (nSPS) is 21.0. The molecule has 206 valence electrons. The van der Waals surface area contributed by atoms with Crippen molar-refractivity contribution in [3.05, 3.63) is 28.1 Å². The van der Waals surface area contributed by atoms with Crippen LogP contribution < -0.4 is 16.8 Å². The number of nitrogens with one attached hydrogen (secondary N) is 1. The van der Waals surface area contributed by atoms with E-state index in [4.69, 9.17) is 25.7 Å². The molecule has 3 rings (SSSR count). The monoisotopic (exact) mass is 567 g/mol. The first-order valence-corrected chi connectivity index (χ1v) is 13.3. The van der Waals surface area contributed by atoms with Gasteiger partial charge in [-0.2, -0.15) is 0 Å². The number of esters is 2. The molecule has 3 atom stereocenters. The molecule has 38 heavy (non-hydrogen) atoms. The van der Waals surface area contributed by atoms with Crippen LogP contribution in [0.5, 0.6) is 0 Å². The number of rotatable bonds is 9. The minimum atomic E-state index is -1.28. The van der Waals surface area contributed by atoms with Crippen molar-refractivity contribution in [2.45, 2.75) is 51.6 Å². The summed E-state index contributed by atoms with van der Waals surface area (Å²) in [5.41, 5.74) is 10.8. The lowest BCUT2D eigenvalue weighted by Gasteiger charge is -2.51. The van der Waals surface area contributed by atoms with Gasteiger partial charge in [-0.1, -0.05) is 13.0 Å². The summed E-state index contributed by atoms with van der Waals surface area (Å²) in [5.74, 6) is -2.56. The average Bonchev–Trinajstić information content (AvgIpc) is 3.28. The highest BCUT2D eigenvalue weighted by molar-refractivity contribution is 8.03. The fraction of sp³-hybridized carbons (Fsp3) is 0.478. The number of aromatic nitrogens is 1. The van der Waals surface area contributed by atoms with Gasteiger partial charge in [0.25, 0.3) is 5.91 Å². The van der Waals surface area contributed by atoms with Crippen LogP contribution in [0.1, 0.15) is 39.8 Å². The average molecular weight is 568 g/mol. The molecule has 0 radical (unpaired) electrons. The molecule has 1 fully saturated rings. The fourth-order valence-electron chi connectivity index (χ4n) is 3.55. The number of nitrogen functional groups attached to an aromatic ring is 1. The van der Waals surface area contributed by atoms with Crippen LogP contribution in [0.2, 0.25) is 0 Å². The Kier molecular flexibility index (Phi) is 9.04. The number of β-lactam (4-membered cyclic amide) rings is 1. The lowest BCUT2D eigenvalue weighted by Crippen LogP contribution is -2.74. The second kappa shape index (κ2) is 11.9. The van der Waals surface area contributed by atoms with Crippen LogP contribution in [0.15, 0.2) is 22.4 Å². The minimum absolute atomic E-state index is 0.236. The zero-order chi connectivity index (χ0) is 28.2. The molecule has 0 spiro atoms. The Morgan fingerprint density at radius 2 is 1.92 bits per heavy atom. The Bertz CT molecular complexity index is 1190. The SMILES string of the molecule is CC/C=C(\C(=O)N[C@@H]1C(=O)N2C(C(=O)OCOC(=O)C(C)(C)C)C(COC(N)=O)=CS[C@H]12)c1csc(N)n1. The van der Waals surface area contributed by atoms with Gasteiger partial charge < -0.3 is 35.9 Å². The van der Waals surface area contributed by atoms with Gasteiger partial charge in [-0.05, 0) is 32.6 Å². The number of fused-ring (bicyclic) bond motifs is 1. The Morgan fingerprint density at radius 3 is 2.50 bits per heavy atom. The van der Waals surface area contributed by atoms with E-state index in [0.717, 1.165) is 11.8 Å². The summed E-state index contributed by atoms with van der Waals surface area (Å²) in [4.78, 5) is 67.7. The number of nitrogens with two attached hydrogens (primary N) is 2. The van der Waals surface area contributed by atoms with Crippen molar-refractivity contribution in [1.29, 1.82) is 0 Å². The summed E-state index contributed by atoms with van der Waals surface area (Å²) < 4.78 is 14.9. The maximum Gasteiger partial charge on any atom is 0.404 e. The van der Waals surface area contributed by atoms with Crippen molar-refractivity contribution in [1.82, 2.24) is 15.2 Å². The first-order chi connectivity index (χ1) is 17.8. The number of amides is 3. The smallest absolute Gasteiger partial charge is 0.404 e. The predicted octanol–water partition coefficient (Wildman–Crippen LogP) is 1.36. The molecular weight excluding hydrogens is 538 g/mol. The van der Waals surface area contributed by atoms with E-state index in [-0.39, 0.29) is 17.8 Å². The number of carbonyl (C=O) groups excluding carboxylic acids is 5. The van der Waals surface area contributed by atoms with Gasteiger partial charge >= 0.3 is 18.0 Å².